The van der Waals surface area contributed by atoms with E-state index in [0.29, 0.717) is 17.1 Å². The monoisotopic (exact) mass is 466 g/mol. The minimum Gasteiger partial charge on any atom is -0.457 e. The lowest BCUT2D eigenvalue weighted by Crippen LogP contribution is -2.37. The first kappa shape index (κ1) is 21.2. The van der Waals surface area contributed by atoms with E-state index in [1.807, 2.05) is 0 Å². The van der Waals surface area contributed by atoms with Gasteiger partial charge in [0.15, 0.2) is 5.13 Å². The molecule has 0 radical (unpaired) electrons. The summed E-state index contributed by atoms with van der Waals surface area (Å²) in [5.74, 6) is -0.570. The molecule has 9 nitrogen and oxygen atoms in total. The van der Waals surface area contributed by atoms with Gasteiger partial charge in [-0.2, -0.15) is 5.26 Å². The van der Waals surface area contributed by atoms with E-state index in [9.17, 15) is 18.0 Å². The van der Waals surface area contributed by atoms with E-state index >= 15 is 0 Å². The number of nitriles is 1. The first-order valence-corrected chi connectivity index (χ1v) is 11.5. The highest BCUT2D eigenvalue weighted by Gasteiger charge is 2.27. The summed E-state index contributed by atoms with van der Waals surface area (Å²) in [7, 11) is -3.77. The molecule has 0 saturated heterocycles. The lowest BCUT2D eigenvalue weighted by Gasteiger charge is -2.15. The van der Waals surface area contributed by atoms with Crippen LogP contribution in [0.25, 0.3) is 17.4 Å². The van der Waals surface area contributed by atoms with Gasteiger partial charge >= 0.3 is 0 Å². The Morgan fingerprint density at radius 2 is 1.91 bits per heavy atom. The van der Waals surface area contributed by atoms with Crippen molar-refractivity contribution in [1.29, 1.82) is 5.26 Å². The highest BCUT2D eigenvalue weighted by atomic mass is 32.2. The first-order chi connectivity index (χ1) is 15.3. The van der Waals surface area contributed by atoms with Gasteiger partial charge in [0, 0.05) is 22.7 Å². The minimum absolute atomic E-state index is 0.0682. The van der Waals surface area contributed by atoms with E-state index in [1.165, 1.54) is 42.7 Å². The fraction of sp³-hybridized carbons (Fsp3) is 0.0476. The Hall–Kier alpha value is -4.01. The number of benzene rings is 1. The minimum atomic E-state index is -3.77. The molecule has 2 N–H and O–H groups in total. The lowest BCUT2D eigenvalue weighted by atomic mass is 9.96. The van der Waals surface area contributed by atoms with E-state index in [1.54, 1.807) is 35.7 Å². The second-order valence-corrected chi connectivity index (χ2v) is 9.20. The molecule has 0 unspecified atom stereocenters. The Bertz CT molecular complexity index is 1420. The van der Waals surface area contributed by atoms with E-state index in [-0.39, 0.29) is 26.7 Å². The number of rotatable bonds is 5. The Kier molecular flexibility index (Phi) is 5.48. The predicted octanol–water partition coefficient (Wildman–Crippen LogP) is 3.08. The molecule has 0 fully saturated rings. The summed E-state index contributed by atoms with van der Waals surface area (Å²) in [6, 6.07) is 11.2. The molecule has 11 heteroatoms. The van der Waals surface area contributed by atoms with Gasteiger partial charge in [0.2, 0.25) is 0 Å². The third-order valence-electron chi connectivity index (χ3n) is 4.61. The van der Waals surface area contributed by atoms with Gasteiger partial charge in [-0.15, -0.1) is 11.3 Å². The maximum absolute atomic E-state index is 12.4. The average molecular weight is 467 g/mol. The molecule has 3 aromatic rings. The van der Waals surface area contributed by atoms with Gasteiger partial charge in [0.05, 0.1) is 4.90 Å². The Morgan fingerprint density at radius 1 is 1.16 bits per heavy atom. The van der Waals surface area contributed by atoms with Crippen LogP contribution in [0.2, 0.25) is 0 Å². The van der Waals surface area contributed by atoms with Crippen molar-refractivity contribution < 1.29 is 22.4 Å². The van der Waals surface area contributed by atoms with Crippen molar-refractivity contribution in [3.8, 4) is 17.4 Å². The van der Waals surface area contributed by atoms with E-state index in [4.69, 9.17) is 9.68 Å². The summed E-state index contributed by atoms with van der Waals surface area (Å²) >= 11 is 1.17. The molecule has 0 saturated carbocycles. The predicted molar refractivity (Wildman–Crippen MR) is 117 cm³/mol. The average Bonchev–Trinajstić information content (AvgIpc) is 3.43. The van der Waals surface area contributed by atoms with Crippen molar-refractivity contribution >= 4 is 44.4 Å². The number of sulfonamides is 1. The molecule has 3 heterocycles. The maximum atomic E-state index is 12.4. The number of nitrogens with zero attached hydrogens (tertiary/aromatic N) is 2. The van der Waals surface area contributed by atoms with Crippen LogP contribution < -0.4 is 10.0 Å². The van der Waals surface area contributed by atoms with Crippen molar-refractivity contribution in [2.45, 2.75) is 11.8 Å². The third-order valence-corrected chi connectivity index (χ3v) is 6.78. The van der Waals surface area contributed by atoms with Crippen molar-refractivity contribution in [1.82, 2.24) is 10.3 Å². The molecule has 4 rings (SSSR count). The lowest BCUT2D eigenvalue weighted by molar-refractivity contribution is -0.126. The van der Waals surface area contributed by atoms with Gasteiger partial charge in [-0.1, -0.05) is 0 Å². The highest BCUT2D eigenvalue weighted by Crippen LogP contribution is 2.28. The van der Waals surface area contributed by atoms with Gasteiger partial charge in [-0.3, -0.25) is 19.6 Å². The SMILES string of the molecule is CC1=C(C#N)C(=O)NC(=O)C1=Cc1ccc(-c2ccc(S(=O)(=O)Nc3nccs3)cc2)o1. The molecule has 0 bridgehead atoms. The zero-order valence-corrected chi connectivity index (χ0v) is 18.1. The molecule has 0 spiro atoms. The largest absolute Gasteiger partial charge is 0.457 e. The molecule has 1 aromatic carbocycles. The number of anilines is 1. The first-order valence-electron chi connectivity index (χ1n) is 9.10. The molecular formula is C21H14N4O5S2. The third kappa shape index (κ3) is 4.09. The summed E-state index contributed by atoms with van der Waals surface area (Å²) in [4.78, 5) is 27.8. The van der Waals surface area contributed by atoms with E-state index in [0.717, 1.165) is 0 Å². The quantitative estimate of drug-likeness (QED) is 0.434. The Morgan fingerprint density at radius 3 is 2.56 bits per heavy atom. The number of hydrogen-bond donors (Lipinski definition) is 2. The summed E-state index contributed by atoms with van der Waals surface area (Å²) < 4.78 is 33.0. The van der Waals surface area contributed by atoms with Crippen LogP contribution in [0.3, 0.4) is 0 Å². The number of aromatic nitrogens is 1. The standard InChI is InChI=1S/C21H14N4O5S2/c1-12-16(19(26)24-20(27)17(12)11-22)10-14-4-7-18(30-14)13-2-5-15(6-3-13)32(28,29)25-21-23-8-9-31-21/h2-10H,1H3,(H,23,25)(H,24,26,27). The number of nitrogens with one attached hydrogen (secondary N) is 2. The fourth-order valence-corrected chi connectivity index (χ4v) is 4.78. The molecule has 2 aromatic heterocycles. The number of amides is 2. The van der Waals surface area contributed by atoms with Gasteiger partial charge in [0.25, 0.3) is 21.8 Å². The van der Waals surface area contributed by atoms with E-state index < -0.39 is 21.8 Å². The van der Waals surface area contributed by atoms with Crippen LogP contribution >= 0.6 is 11.3 Å². The summed E-state index contributed by atoms with van der Waals surface area (Å²) in [6.45, 7) is 1.52. The van der Waals surface area contributed by atoms with E-state index in [2.05, 4.69) is 15.0 Å². The number of carbonyl (C=O) groups is 2. The topological polar surface area (TPSA) is 142 Å². The van der Waals surface area contributed by atoms with Gasteiger partial charge in [-0.05, 0) is 55.0 Å². The molecule has 0 aliphatic carbocycles. The number of imide groups is 1. The molecule has 2 amide bonds. The fourth-order valence-electron chi connectivity index (χ4n) is 2.99. The van der Waals surface area contributed by atoms with Crippen molar-refractivity contribution in [2.24, 2.45) is 0 Å². The molecule has 1 aliphatic rings. The molecule has 0 atom stereocenters. The second kappa shape index (κ2) is 8.26. The van der Waals surface area contributed by atoms with Crippen LogP contribution in [0.1, 0.15) is 12.7 Å². The second-order valence-electron chi connectivity index (χ2n) is 6.62. The van der Waals surface area contributed by atoms with Gasteiger partial charge < -0.3 is 4.42 Å². The zero-order chi connectivity index (χ0) is 22.9. The van der Waals surface area contributed by atoms with Crippen molar-refractivity contribution in [2.75, 3.05) is 4.72 Å². The smallest absolute Gasteiger partial charge is 0.269 e. The number of carbonyl (C=O) groups excluding carboxylic acids is 2. The van der Waals surface area contributed by atoms with Crippen LogP contribution in [0.15, 0.2) is 74.0 Å². The van der Waals surface area contributed by atoms with Gasteiger partial charge in [-0.25, -0.2) is 13.4 Å². The van der Waals surface area contributed by atoms with Crippen LogP contribution in [0.4, 0.5) is 5.13 Å². The Labute approximate surface area is 186 Å². The highest BCUT2D eigenvalue weighted by molar-refractivity contribution is 7.93. The molecule has 32 heavy (non-hydrogen) atoms. The van der Waals surface area contributed by atoms with Gasteiger partial charge in [0.1, 0.15) is 23.2 Å². The Balaban J connectivity index is 1.59. The number of furan rings is 1. The number of thiazole rings is 1. The molecule has 160 valence electrons. The molecular weight excluding hydrogens is 452 g/mol. The summed E-state index contributed by atoms with van der Waals surface area (Å²) in [5, 5.41) is 13.2. The normalized spacial score (nSPS) is 15.6. The summed E-state index contributed by atoms with van der Waals surface area (Å²) in [6.07, 6.45) is 2.94. The van der Waals surface area contributed by atoms with Crippen molar-refractivity contribution in [3.05, 3.63) is 70.5 Å². The van der Waals surface area contributed by atoms with Crippen LogP contribution in [0, 0.1) is 11.3 Å². The molecule has 1 aliphatic heterocycles. The van der Waals surface area contributed by atoms with Crippen molar-refractivity contribution in [3.63, 3.8) is 0 Å². The number of hydrogen-bond acceptors (Lipinski definition) is 8. The maximum Gasteiger partial charge on any atom is 0.269 e. The zero-order valence-electron chi connectivity index (χ0n) is 16.4. The van der Waals surface area contributed by atoms with Crippen LogP contribution in [-0.4, -0.2) is 25.2 Å². The van der Waals surface area contributed by atoms with Crippen LogP contribution in [0.5, 0.6) is 0 Å². The summed E-state index contributed by atoms with van der Waals surface area (Å²) in [5.41, 5.74) is 0.903. The van der Waals surface area contributed by atoms with Crippen LogP contribution in [-0.2, 0) is 19.6 Å².